The molecule has 2 rings (SSSR count). The highest BCUT2D eigenvalue weighted by atomic mass is 16.1. The van der Waals surface area contributed by atoms with Crippen LogP contribution in [0.2, 0.25) is 0 Å². The summed E-state index contributed by atoms with van der Waals surface area (Å²) in [6.07, 6.45) is 3.33. The molecular weight excluding hydrogens is 246 g/mol. The highest BCUT2D eigenvalue weighted by molar-refractivity contribution is 5.98. The van der Waals surface area contributed by atoms with Gasteiger partial charge in [0.1, 0.15) is 11.4 Å². The Morgan fingerprint density at radius 2 is 2.26 bits per heavy atom. The van der Waals surface area contributed by atoms with Gasteiger partial charge in [-0.1, -0.05) is 0 Å². The highest BCUT2D eigenvalue weighted by Gasteiger charge is 2.17. The zero-order valence-corrected chi connectivity index (χ0v) is 10.9. The lowest BCUT2D eigenvalue weighted by Crippen LogP contribution is -2.18. The molecule has 0 aliphatic rings. The molecule has 5 N–H and O–H groups in total. The van der Waals surface area contributed by atoms with Crippen molar-refractivity contribution < 1.29 is 4.79 Å². The fourth-order valence-electron chi connectivity index (χ4n) is 1.95. The third kappa shape index (κ3) is 2.67. The van der Waals surface area contributed by atoms with Crippen molar-refractivity contribution in [1.82, 2.24) is 19.6 Å². The van der Waals surface area contributed by atoms with E-state index in [1.165, 1.54) is 0 Å². The molecule has 2 aromatic heterocycles. The largest absolute Gasteiger partial charge is 0.396 e. The number of hydrogen-bond donors (Lipinski definition) is 3. The maximum Gasteiger partial charge on any atom is 0.254 e. The van der Waals surface area contributed by atoms with Crippen molar-refractivity contribution in [2.75, 3.05) is 17.6 Å². The van der Waals surface area contributed by atoms with E-state index in [9.17, 15) is 4.79 Å². The molecule has 0 saturated carbocycles. The van der Waals surface area contributed by atoms with E-state index in [2.05, 4.69) is 15.5 Å². The molecule has 0 unspecified atom stereocenters. The van der Waals surface area contributed by atoms with Gasteiger partial charge < -0.3 is 16.8 Å². The summed E-state index contributed by atoms with van der Waals surface area (Å²) in [7, 11) is 1.76. The molecular formula is C11H17N7O. The fourth-order valence-corrected chi connectivity index (χ4v) is 1.95. The van der Waals surface area contributed by atoms with Gasteiger partial charge in [-0.2, -0.15) is 10.2 Å². The van der Waals surface area contributed by atoms with Gasteiger partial charge in [-0.25, -0.2) is 0 Å². The molecule has 0 fully saturated rings. The monoisotopic (exact) mass is 263 g/mol. The van der Waals surface area contributed by atoms with Crippen LogP contribution < -0.4 is 16.8 Å². The second-order valence-electron chi connectivity index (χ2n) is 4.26. The summed E-state index contributed by atoms with van der Waals surface area (Å²) < 4.78 is 3.32. The zero-order chi connectivity index (χ0) is 14.0. The topological polar surface area (TPSA) is 117 Å². The molecule has 0 radical (unpaired) electrons. The summed E-state index contributed by atoms with van der Waals surface area (Å²) in [5.41, 5.74) is 12.6. The normalized spacial score (nSPS) is 10.6. The lowest BCUT2D eigenvalue weighted by Gasteiger charge is -2.08. The summed E-state index contributed by atoms with van der Waals surface area (Å²) in [6.45, 7) is 2.96. The minimum Gasteiger partial charge on any atom is -0.396 e. The summed E-state index contributed by atoms with van der Waals surface area (Å²) in [4.78, 5) is 11.4. The van der Waals surface area contributed by atoms with Crippen LogP contribution in [0.1, 0.15) is 16.1 Å². The van der Waals surface area contributed by atoms with Crippen LogP contribution in [0.5, 0.6) is 0 Å². The van der Waals surface area contributed by atoms with E-state index in [4.69, 9.17) is 11.5 Å². The number of nitrogens with zero attached hydrogens (tertiary/aromatic N) is 4. The summed E-state index contributed by atoms with van der Waals surface area (Å²) in [6, 6.07) is 0. The van der Waals surface area contributed by atoms with Crippen molar-refractivity contribution in [3.8, 4) is 0 Å². The Balaban J connectivity index is 2.05. The van der Waals surface area contributed by atoms with Crippen LogP contribution in [0.3, 0.4) is 0 Å². The van der Waals surface area contributed by atoms with Gasteiger partial charge in [0.15, 0.2) is 0 Å². The van der Waals surface area contributed by atoms with E-state index >= 15 is 0 Å². The molecule has 0 spiro atoms. The zero-order valence-electron chi connectivity index (χ0n) is 10.9. The molecule has 0 aliphatic heterocycles. The molecule has 0 aromatic carbocycles. The smallest absolute Gasteiger partial charge is 0.254 e. The van der Waals surface area contributed by atoms with Crippen molar-refractivity contribution in [1.29, 1.82) is 0 Å². The molecule has 0 aliphatic carbocycles. The van der Waals surface area contributed by atoms with Gasteiger partial charge in [0, 0.05) is 19.8 Å². The molecule has 2 heterocycles. The molecule has 102 valence electrons. The molecule has 2 aromatic rings. The second-order valence-corrected chi connectivity index (χ2v) is 4.26. The van der Waals surface area contributed by atoms with Crippen LogP contribution in [0.4, 0.5) is 11.5 Å². The first kappa shape index (κ1) is 12.9. The summed E-state index contributed by atoms with van der Waals surface area (Å²) >= 11 is 0. The summed E-state index contributed by atoms with van der Waals surface area (Å²) in [5.74, 6) is 0.126. The van der Waals surface area contributed by atoms with Gasteiger partial charge >= 0.3 is 0 Å². The van der Waals surface area contributed by atoms with E-state index in [-0.39, 0.29) is 0 Å². The Morgan fingerprint density at radius 1 is 1.53 bits per heavy atom. The number of aryl methyl sites for hydroxylation is 2. The maximum atomic E-state index is 11.4. The number of amides is 1. The Bertz CT molecular complexity index is 598. The number of nitrogen functional groups attached to an aromatic ring is 1. The van der Waals surface area contributed by atoms with E-state index < -0.39 is 5.91 Å². The van der Waals surface area contributed by atoms with Crippen molar-refractivity contribution in [3.05, 3.63) is 23.7 Å². The third-order valence-corrected chi connectivity index (χ3v) is 2.76. The second kappa shape index (κ2) is 5.01. The third-order valence-electron chi connectivity index (χ3n) is 2.76. The standard InChI is InChI=1S/C11H17N7O/c1-7-9(10(13)19)11(17(2)16-7)14-3-4-18-6-8(12)5-15-18/h5-6,14H,3-4,12H2,1-2H3,(H2,13,19). The lowest BCUT2D eigenvalue weighted by atomic mass is 10.2. The number of carbonyl (C=O) groups excluding carboxylic acids is 1. The van der Waals surface area contributed by atoms with E-state index in [1.807, 2.05) is 0 Å². The van der Waals surface area contributed by atoms with Crippen molar-refractivity contribution in [2.24, 2.45) is 12.8 Å². The van der Waals surface area contributed by atoms with Crippen LogP contribution in [0.15, 0.2) is 12.4 Å². The minimum atomic E-state index is -0.489. The van der Waals surface area contributed by atoms with Gasteiger partial charge in [-0.3, -0.25) is 14.2 Å². The summed E-state index contributed by atoms with van der Waals surface area (Å²) in [5, 5.41) is 11.4. The van der Waals surface area contributed by atoms with Gasteiger partial charge in [0.2, 0.25) is 0 Å². The van der Waals surface area contributed by atoms with Crippen LogP contribution in [-0.2, 0) is 13.6 Å². The quantitative estimate of drug-likeness (QED) is 0.685. The Hall–Kier alpha value is -2.51. The number of anilines is 2. The number of aromatic nitrogens is 4. The van der Waals surface area contributed by atoms with Crippen molar-refractivity contribution >= 4 is 17.4 Å². The Morgan fingerprint density at radius 3 is 2.84 bits per heavy atom. The molecule has 1 amide bonds. The first-order valence-corrected chi connectivity index (χ1v) is 5.84. The highest BCUT2D eigenvalue weighted by Crippen LogP contribution is 2.17. The van der Waals surface area contributed by atoms with Crippen LogP contribution >= 0.6 is 0 Å². The molecule has 19 heavy (non-hydrogen) atoms. The number of carbonyl (C=O) groups is 1. The average Bonchev–Trinajstić information content (AvgIpc) is 2.84. The first-order valence-electron chi connectivity index (χ1n) is 5.84. The first-order chi connectivity index (χ1) is 8.99. The number of nitrogens with two attached hydrogens (primary N) is 2. The van der Waals surface area contributed by atoms with Crippen molar-refractivity contribution in [2.45, 2.75) is 13.5 Å². The number of rotatable bonds is 5. The van der Waals surface area contributed by atoms with Gasteiger partial charge in [-0.15, -0.1) is 0 Å². The number of primary amides is 1. The predicted molar refractivity (Wildman–Crippen MR) is 71.6 cm³/mol. The molecule has 8 heteroatoms. The van der Waals surface area contributed by atoms with Crippen LogP contribution in [0, 0.1) is 6.92 Å². The maximum absolute atomic E-state index is 11.4. The van der Waals surface area contributed by atoms with Crippen LogP contribution in [0.25, 0.3) is 0 Å². The minimum absolute atomic E-state index is 0.419. The number of hydrogen-bond acceptors (Lipinski definition) is 5. The van der Waals surface area contributed by atoms with Crippen molar-refractivity contribution in [3.63, 3.8) is 0 Å². The van der Waals surface area contributed by atoms with Gasteiger partial charge in [-0.05, 0) is 6.92 Å². The van der Waals surface area contributed by atoms with Gasteiger partial charge in [0.25, 0.3) is 5.91 Å². The van der Waals surface area contributed by atoms with E-state index in [1.54, 1.807) is 35.7 Å². The fraction of sp³-hybridized carbons (Fsp3) is 0.364. The molecule has 0 bridgehead atoms. The van der Waals surface area contributed by atoms with E-state index in [0.717, 1.165) is 0 Å². The SMILES string of the molecule is Cc1nn(C)c(NCCn2cc(N)cn2)c1C(N)=O. The number of nitrogens with one attached hydrogen (secondary N) is 1. The lowest BCUT2D eigenvalue weighted by molar-refractivity contribution is 0.100. The van der Waals surface area contributed by atoms with Gasteiger partial charge in [0.05, 0.1) is 24.1 Å². The predicted octanol–water partition coefficient (Wildman–Crippen LogP) is -0.282. The Kier molecular flexibility index (Phi) is 3.41. The van der Waals surface area contributed by atoms with E-state index in [0.29, 0.717) is 35.9 Å². The van der Waals surface area contributed by atoms with Crippen LogP contribution in [-0.4, -0.2) is 32.0 Å². The Labute approximate surface area is 110 Å². The molecule has 8 nitrogen and oxygen atoms in total. The average molecular weight is 263 g/mol. The molecule has 0 saturated heterocycles. The molecule has 0 atom stereocenters.